The molecule has 5 heteroatoms. The maximum absolute atomic E-state index is 11.7. The third-order valence-electron chi connectivity index (χ3n) is 3.85. The number of ether oxygens (including phenoxy) is 1. The lowest BCUT2D eigenvalue weighted by molar-refractivity contribution is -0.120. The van der Waals surface area contributed by atoms with Gasteiger partial charge >= 0.3 is 0 Å². The van der Waals surface area contributed by atoms with Crippen LogP contribution in [0.5, 0.6) is 5.75 Å². The van der Waals surface area contributed by atoms with Crippen LogP contribution >= 0.6 is 11.8 Å². The van der Waals surface area contributed by atoms with Crippen LogP contribution in [0.25, 0.3) is 10.9 Å². The Labute approximate surface area is 155 Å². The van der Waals surface area contributed by atoms with E-state index in [2.05, 4.69) is 42.2 Å². The number of carbonyl (C=O) groups is 1. The van der Waals surface area contributed by atoms with Crippen LogP contribution in [0.4, 0.5) is 0 Å². The number of Topliss-reactive ketones (excluding diaryl/α,β-unsaturated/α-hetero) is 1. The fraction of sp³-hybridized carbons (Fsp3) is 0.400. The number of aryl methyl sites for hydroxylation is 1. The largest absolute Gasteiger partial charge is 0.472 e. The van der Waals surface area contributed by atoms with Crippen molar-refractivity contribution >= 4 is 36.5 Å². The van der Waals surface area contributed by atoms with Gasteiger partial charge in [0.2, 0.25) is 5.44 Å². The molecule has 0 aliphatic heterocycles. The number of ketones is 1. The molecule has 0 radical (unpaired) electrons. The highest BCUT2D eigenvalue weighted by molar-refractivity contribution is 7.99. The predicted molar refractivity (Wildman–Crippen MR) is 110 cm³/mol. The van der Waals surface area contributed by atoms with E-state index < -0.39 is 13.5 Å². The smallest absolute Gasteiger partial charge is 0.202 e. The molecule has 1 unspecified atom stereocenters. The summed E-state index contributed by atoms with van der Waals surface area (Å²) in [5, 5.41) is 0.990. The van der Waals surface area contributed by atoms with Crippen molar-refractivity contribution in [1.29, 1.82) is 0 Å². The number of hydrogen-bond acceptors (Lipinski definition) is 4. The molecular weight excluding hydrogens is 346 g/mol. The van der Waals surface area contributed by atoms with Crippen molar-refractivity contribution in [2.45, 2.75) is 45.8 Å². The van der Waals surface area contributed by atoms with E-state index in [-0.39, 0.29) is 5.78 Å². The molecule has 132 valence electrons. The van der Waals surface area contributed by atoms with Crippen LogP contribution < -0.4 is 4.74 Å². The summed E-state index contributed by atoms with van der Waals surface area (Å²) in [5.41, 5.74) is 6.83. The average Bonchev–Trinajstić information content (AvgIpc) is 2.53. The molecule has 0 amide bonds. The Bertz CT molecular complexity index is 875. The zero-order chi connectivity index (χ0) is 18.8. The van der Waals surface area contributed by atoms with Gasteiger partial charge in [0.05, 0.1) is 5.52 Å². The molecule has 3 nitrogen and oxygen atoms in total. The lowest BCUT2D eigenvalue weighted by Gasteiger charge is -2.18. The predicted octanol–water partition coefficient (Wildman–Crippen LogP) is 4.74. The molecule has 0 aliphatic rings. The van der Waals surface area contributed by atoms with E-state index in [0.717, 1.165) is 33.3 Å². The third kappa shape index (κ3) is 4.87. The van der Waals surface area contributed by atoms with Crippen LogP contribution in [0.3, 0.4) is 0 Å². The van der Waals surface area contributed by atoms with E-state index >= 15 is 0 Å². The summed E-state index contributed by atoms with van der Waals surface area (Å²) in [6.07, 6.45) is 3.71. The van der Waals surface area contributed by atoms with Crippen LogP contribution in [-0.2, 0) is 4.79 Å². The van der Waals surface area contributed by atoms with Crippen LogP contribution in [0.2, 0.25) is 19.6 Å². The van der Waals surface area contributed by atoms with E-state index in [9.17, 15) is 4.79 Å². The highest BCUT2D eigenvalue weighted by Crippen LogP contribution is 2.31. The minimum absolute atomic E-state index is 0.0116. The summed E-state index contributed by atoms with van der Waals surface area (Å²) in [5.74, 6) is 4.00. The molecule has 1 aromatic carbocycles. The molecule has 2 rings (SSSR count). The van der Waals surface area contributed by atoms with Gasteiger partial charge in [0.1, 0.15) is 13.8 Å². The number of carbonyl (C=O) groups excluding carboxylic acids is 1. The zero-order valence-corrected chi connectivity index (χ0v) is 17.8. The molecule has 25 heavy (non-hydrogen) atoms. The standard InChI is InChI=1S/C20H25NO2SSi/c1-13-14(2)19-17(11-18(13)23-20(24-4)15(3)22)10-16(12-21-19)8-9-25(5,6)7/h10-12,20H,1-7H3. The molecule has 1 heterocycles. The second-order valence-electron chi connectivity index (χ2n) is 7.22. The minimum atomic E-state index is -1.43. The maximum atomic E-state index is 11.7. The molecule has 0 bridgehead atoms. The average molecular weight is 372 g/mol. The van der Waals surface area contributed by atoms with E-state index in [4.69, 9.17) is 4.74 Å². The number of pyridine rings is 1. The first kappa shape index (κ1) is 19.6. The number of benzene rings is 1. The van der Waals surface area contributed by atoms with E-state index in [1.165, 1.54) is 11.8 Å². The van der Waals surface area contributed by atoms with Gasteiger partial charge in [-0.15, -0.1) is 17.3 Å². The Morgan fingerprint density at radius 2 is 1.92 bits per heavy atom. The summed E-state index contributed by atoms with van der Waals surface area (Å²) >= 11 is 1.40. The van der Waals surface area contributed by atoms with E-state index in [1.807, 2.05) is 32.4 Å². The van der Waals surface area contributed by atoms with Gasteiger partial charge in [-0.1, -0.05) is 25.6 Å². The van der Waals surface area contributed by atoms with Crippen LogP contribution in [-0.4, -0.2) is 30.5 Å². The highest BCUT2D eigenvalue weighted by atomic mass is 32.2. The number of aromatic nitrogens is 1. The van der Waals surface area contributed by atoms with Gasteiger partial charge in [-0.25, -0.2) is 0 Å². The van der Waals surface area contributed by atoms with Crippen molar-refractivity contribution in [2.75, 3.05) is 6.26 Å². The molecular formula is C20H25NO2SSi. The first-order valence-electron chi connectivity index (χ1n) is 8.25. The Kier molecular flexibility index (Phi) is 5.97. The topological polar surface area (TPSA) is 39.2 Å². The first-order chi connectivity index (χ1) is 11.6. The second kappa shape index (κ2) is 7.63. The van der Waals surface area contributed by atoms with Crippen LogP contribution in [0.15, 0.2) is 18.3 Å². The SMILES string of the molecule is CSC(Oc1cc2cc(C#C[Si](C)(C)C)cnc2c(C)c1C)C(C)=O. The number of thioether (sulfide) groups is 1. The summed E-state index contributed by atoms with van der Waals surface area (Å²) in [4.78, 5) is 16.3. The molecule has 0 saturated carbocycles. The maximum Gasteiger partial charge on any atom is 0.202 e. The van der Waals surface area contributed by atoms with E-state index in [1.54, 1.807) is 6.92 Å². The van der Waals surface area contributed by atoms with Gasteiger partial charge in [-0.2, -0.15) is 0 Å². The first-order valence-corrected chi connectivity index (χ1v) is 13.0. The Morgan fingerprint density at radius 3 is 2.48 bits per heavy atom. The summed E-state index contributed by atoms with van der Waals surface area (Å²) in [7, 11) is -1.43. The van der Waals surface area contributed by atoms with Crippen molar-refractivity contribution in [2.24, 2.45) is 0 Å². The van der Waals surface area contributed by atoms with Crippen molar-refractivity contribution in [3.63, 3.8) is 0 Å². The molecule has 1 aromatic heterocycles. The Hall–Kier alpha value is -1.77. The van der Waals surface area contributed by atoms with Gasteiger partial charge in [0, 0.05) is 17.1 Å². The number of nitrogens with zero attached hydrogens (tertiary/aromatic N) is 1. The lowest BCUT2D eigenvalue weighted by Crippen LogP contribution is -2.21. The Balaban J connectivity index is 2.52. The molecule has 0 saturated heterocycles. The van der Waals surface area contributed by atoms with Crippen molar-refractivity contribution in [1.82, 2.24) is 4.98 Å². The van der Waals surface area contributed by atoms with Crippen molar-refractivity contribution < 1.29 is 9.53 Å². The second-order valence-corrected chi connectivity index (χ2v) is 12.9. The van der Waals surface area contributed by atoms with E-state index in [0.29, 0.717) is 0 Å². The number of hydrogen-bond donors (Lipinski definition) is 0. The minimum Gasteiger partial charge on any atom is -0.472 e. The molecule has 0 N–H and O–H groups in total. The summed E-state index contributed by atoms with van der Waals surface area (Å²) < 4.78 is 5.96. The number of rotatable bonds is 4. The van der Waals surface area contributed by atoms with Crippen LogP contribution in [0.1, 0.15) is 23.6 Å². The fourth-order valence-corrected chi connectivity index (χ4v) is 3.43. The molecule has 0 aliphatic carbocycles. The fourth-order valence-electron chi connectivity index (χ4n) is 2.38. The molecule has 0 fully saturated rings. The normalized spacial score (nSPS) is 12.4. The molecule has 0 spiro atoms. The third-order valence-corrected chi connectivity index (χ3v) is 5.58. The molecule has 2 aromatic rings. The van der Waals surface area contributed by atoms with Gasteiger partial charge in [-0.05, 0) is 50.3 Å². The quantitative estimate of drug-likeness (QED) is 0.442. The molecule has 1 atom stereocenters. The zero-order valence-electron chi connectivity index (χ0n) is 16.0. The van der Waals surface area contributed by atoms with Gasteiger partial charge in [0.15, 0.2) is 5.78 Å². The van der Waals surface area contributed by atoms with Crippen molar-refractivity contribution in [3.05, 3.63) is 35.0 Å². The highest BCUT2D eigenvalue weighted by Gasteiger charge is 2.17. The Morgan fingerprint density at radius 1 is 1.24 bits per heavy atom. The summed E-state index contributed by atoms with van der Waals surface area (Å²) in [6, 6.07) is 4.02. The van der Waals surface area contributed by atoms with Crippen LogP contribution in [0, 0.1) is 25.3 Å². The van der Waals surface area contributed by atoms with Gasteiger partial charge < -0.3 is 4.74 Å². The van der Waals surface area contributed by atoms with Crippen molar-refractivity contribution in [3.8, 4) is 17.2 Å². The monoisotopic (exact) mass is 371 g/mol. The summed E-state index contributed by atoms with van der Waals surface area (Å²) in [6.45, 7) is 12.2. The number of fused-ring (bicyclic) bond motifs is 1. The van der Waals surface area contributed by atoms with Gasteiger partial charge in [0.25, 0.3) is 0 Å². The lowest BCUT2D eigenvalue weighted by atomic mass is 10.0. The van der Waals surface area contributed by atoms with Gasteiger partial charge in [-0.3, -0.25) is 9.78 Å².